The SMILES string of the molecule is CCOc1cc(NCC2CCCC2CO)nc(C)n1. The number of nitrogens with zero attached hydrogens (tertiary/aromatic N) is 2. The molecule has 0 spiro atoms. The third-order valence-electron chi connectivity index (χ3n) is 3.70. The Morgan fingerprint density at radius 3 is 2.89 bits per heavy atom. The maximum atomic E-state index is 9.32. The summed E-state index contributed by atoms with van der Waals surface area (Å²) in [5.41, 5.74) is 0. The maximum absolute atomic E-state index is 9.32. The fourth-order valence-corrected chi connectivity index (χ4v) is 2.71. The molecule has 2 N–H and O–H groups in total. The van der Waals surface area contributed by atoms with Crippen LogP contribution in [0.15, 0.2) is 6.07 Å². The number of aromatic nitrogens is 2. The summed E-state index contributed by atoms with van der Waals surface area (Å²) >= 11 is 0. The lowest BCUT2D eigenvalue weighted by atomic mass is 9.97. The molecule has 0 bridgehead atoms. The normalized spacial score (nSPS) is 22.5. The Balaban J connectivity index is 1.95. The number of nitrogens with one attached hydrogen (secondary N) is 1. The van der Waals surface area contributed by atoms with Crippen molar-refractivity contribution in [3.8, 4) is 5.88 Å². The number of aliphatic hydroxyl groups is 1. The molecule has 2 unspecified atom stereocenters. The highest BCUT2D eigenvalue weighted by atomic mass is 16.5. The van der Waals surface area contributed by atoms with Crippen molar-refractivity contribution in [3.05, 3.63) is 11.9 Å². The first-order chi connectivity index (χ1) is 9.22. The first kappa shape index (κ1) is 14.1. The Morgan fingerprint density at radius 1 is 1.37 bits per heavy atom. The van der Waals surface area contributed by atoms with Gasteiger partial charge in [0.2, 0.25) is 5.88 Å². The van der Waals surface area contributed by atoms with Crippen LogP contribution in [0.5, 0.6) is 5.88 Å². The van der Waals surface area contributed by atoms with E-state index in [1.807, 2.05) is 19.9 Å². The zero-order chi connectivity index (χ0) is 13.7. The highest BCUT2D eigenvalue weighted by molar-refractivity contribution is 5.38. The smallest absolute Gasteiger partial charge is 0.218 e. The van der Waals surface area contributed by atoms with Gasteiger partial charge in [-0.05, 0) is 38.5 Å². The molecule has 106 valence electrons. The maximum Gasteiger partial charge on any atom is 0.218 e. The molecular formula is C14H23N3O2. The number of aryl methyl sites for hydroxylation is 1. The lowest BCUT2D eigenvalue weighted by molar-refractivity contribution is 0.199. The van der Waals surface area contributed by atoms with E-state index in [-0.39, 0.29) is 0 Å². The Hall–Kier alpha value is -1.36. The summed E-state index contributed by atoms with van der Waals surface area (Å²) in [5.74, 6) is 3.10. The number of anilines is 1. The molecule has 0 amide bonds. The molecule has 5 nitrogen and oxygen atoms in total. The molecular weight excluding hydrogens is 242 g/mol. The van der Waals surface area contributed by atoms with Crippen LogP contribution in [-0.2, 0) is 0 Å². The van der Waals surface area contributed by atoms with Crippen molar-refractivity contribution in [2.45, 2.75) is 33.1 Å². The third-order valence-corrected chi connectivity index (χ3v) is 3.70. The number of hydrogen-bond donors (Lipinski definition) is 2. The minimum absolute atomic E-state index is 0.291. The summed E-state index contributed by atoms with van der Waals surface area (Å²) in [5, 5.41) is 12.7. The van der Waals surface area contributed by atoms with E-state index in [2.05, 4.69) is 15.3 Å². The standard InChI is InChI=1S/C14H23N3O2/c1-3-19-14-7-13(16-10(2)17-14)15-8-11-5-4-6-12(11)9-18/h7,11-12,18H,3-6,8-9H2,1-2H3,(H,15,16,17). The van der Waals surface area contributed by atoms with E-state index in [1.165, 1.54) is 12.8 Å². The molecule has 1 fully saturated rings. The fourth-order valence-electron chi connectivity index (χ4n) is 2.71. The summed E-state index contributed by atoms with van der Waals surface area (Å²) in [6, 6.07) is 1.83. The molecule has 5 heteroatoms. The van der Waals surface area contributed by atoms with Crippen LogP contribution in [0.2, 0.25) is 0 Å². The van der Waals surface area contributed by atoms with Gasteiger partial charge >= 0.3 is 0 Å². The van der Waals surface area contributed by atoms with E-state index in [0.29, 0.717) is 36.8 Å². The van der Waals surface area contributed by atoms with Gasteiger partial charge in [-0.15, -0.1) is 0 Å². The lowest BCUT2D eigenvalue weighted by Gasteiger charge is -2.18. The molecule has 1 saturated carbocycles. The Kier molecular flexibility index (Phi) is 4.96. The van der Waals surface area contributed by atoms with Crippen LogP contribution in [0.3, 0.4) is 0 Å². The highest BCUT2D eigenvalue weighted by Gasteiger charge is 2.26. The molecule has 1 heterocycles. The van der Waals surface area contributed by atoms with E-state index in [0.717, 1.165) is 18.8 Å². The summed E-state index contributed by atoms with van der Waals surface area (Å²) in [4.78, 5) is 8.58. The number of rotatable bonds is 6. The van der Waals surface area contributed by atoms with Gasteiger partial charge in [0.25, 0.3) is 0 Å². The molecule has 0 saturated heterocycles. The van der Waals surface area contributed by atoms with E-state index in [9.17, 15) is 5.11 Å². The molecule has 0 aliphatic heterocycles. The van der Waals surface area contributed by atoms with Gasteiger partial charge in [0, 0.05) is 19.2 Å². The van der Waals surface area contributed by atoms with Gasteiger partial charge in [0.15, 0.2) is 0 Å². The number of ether oxygens (including phenoxy) is 1. The van der Waals surface area contributed by atoms with Crippen LogP contribution in [0.25, 0.3) is 0 Å². The van der Waals surface area contributed by atoms with Gasteiger partial charge in [-0.2, -0.15) is 4.98 Å². The van der Waals surface area contributed by atoms with Crippen molar-refractivity contribution >= 4 is 5.82 Å². The summed E-state index contributed by atoms with van der Waals surface area (Å²) in [7, 11) is 0. The van der Waals surface area contributed by atoms with Gasteiger partial charge < -0.3 is 15.2 Å². The lowest BCUT2D eigenvalue weighted by Crippen LogP contribution is -2.21. The van der Waals surface area contributed by atoms with Crippen LogP contribution in [0.4, 0.5) is 5.82 Å². The van der Waals surface area contributed by atoms with Crippen LogP contribution >= 0.6 is 0 Å². The summed E-state index contributed by atoms with van der Waals surface area (Å²) in [6.07, 6.45) is 3.53. The van der Waals surface area contributed by atoms with Crippen LogP contribution in [0.1, 0.15) is 32.0 Å². The van der Waals surface area contributed by atoms with E-state index in [1.54, 1.807) is 0 Å². The van der Waals surface area contributed by atoms with E-state index in [4.69, 9.17) is 4.74 Å². The van der Waals surface area contributed by atoms with Crippen LogP contribution in [0, 0.1) is 18.8 Å². The zero-order valence-corrected chi connectivity index (χ0v) is 11.7. The average molecular weight is 265 g/mol. The molecule has 1 aliphatic carbocycles. The Labute approximate surface area is 114 Å². The van der Waals surface area contributed by atoms with Crippen molar-refractivity contribution in [2.24, 2.45) is 11.8 Å². The quantitative estimate of drug-likeness (QED) is 0.823. The van der Waals surface area contributed by atoms with Gasteiger partial charge in [-0.1, -0.05) is 6.42 Å². The van der Waals surface area contributed by atoms with Gasteiger partial charge in [0.05, 0.1) is 6.61 Å². The van der Waals surface area contributed by atoms with Crippen molar-refractivity contribution in [3.63, 3.8) is 0 Å². The van der Waals surface area contributed by atoms with Gasteiger partial charge in [0.1, 0.15) is 11.6 Å². The van der Waals surface area contributed by atoms with Crippen molar-refractivity contribution in [1.29, 1.82) is 0 Å². The zero-order valence-electron chi connectivity index (χ0n) is 11.7. The molecule has 1 aromatic rings. The van der Waals surface area contributed by atoms with Crippen LogP contribution in [-0.4, -0.2) is 34.8 Å². The van der Waals surface area contributed by atoms with Gasteiger partial charge in [-0.3, -0.25) is 0 Å². The molecule has 1 aliphatic rings. The van der Waals surface area contributed by atoms with Crippen molar-refractivity contribution < 1.29 is 9.84 Å². The molecule has 2 rings (SSSR count). The molecule has 1 aromatic heterocycles. The predicted molar refractivity (Wildman–Crippen MR) is 74.3 cm³/mol. The van der Waals surface area contributed by atoms with Gasteiger partial charge in [-0.25, -0.2) is 4.98 Å². The monoisotopic (exact) mass is 265 g/mol. The first-order valence-corrected chi connectivity index (χ1v) is 7.06. The second kappa shape index (κ2) is 6.70. The largest absolute Gasteiger partial charge is 0.478 e. The Bertz CT molecular complexity index is 412. The highest BCUT2D eigenvalue weighted by Crippen LogP contribution is 2.31. The summed E-state index contributed by atoms with van der Waals surface area (Å²) in [6.45, 7) is 5.55. The fraction of sp³-hybridized carbons (Fsp3) is 0.714. The first-order valence-electron chi connectivity index (χ1n) is 7.06. The van der Waals surface area contributed by atoms with Crippen molar-refractivity contribution in [2.75, 3.05) is 25.1 Å². The molecule has 0 aromatic carbocycles. The molecule has 19 heavy (non-hydrogen) atoms. The summed E-state index contributed by atoms with van der Waals surface area (Å²) < 4.78 is 5.41. The van der Waals surface area contributed by atoms with Crippen molar-refractivity contribution in [1.82, 2.24) is 9.97 Å². The number of hydrogen-bond acceptors (Lipinski definition) is 5. The second-order valence-electron chi connectivity index (χ2n) is 5.09. The molecule has 2 atom stereocenters. The molecule has 0 radical (unpaired) electrons. The second-order valence-corrected chi connectivity index (χ2v) is 5.09. The predicted octanol–water partition coefficient (Wildman–Crippen LogP) is 2.00. The minimum Gasteiger partial charge on any atom is -0.478 e. The van der Waals surface area contributed by atoms with E-state index >= 15 is 0 Å². The number of aliphatic hydroxyl groups excluding tert-OH is 1. The topological polar surface area (TPSA) is 67.3 Å². The van der Waals surface area contributed by atoms with Crippen LogP contribution < -0.4 is 10.1 Å². The van der Waals surface area contributed by atoms with E-state index < -0.39 is 0 Å². The third kappa shape index (κ3) is 3.80. The Morgan fingerprint density at radius 2 is 2.16 bits per heavy atom. The average Bonchev–Trinajstić information content (AvgIpc) is 2.83. The minimum atomic E-state index is 0.291.